The maximum atomic E-state index is 10.8. The van der Waals surface area contributed by atoms with E-state index in [4.69, 9.17) is 4.74 Å². The van der Waals surface area contributed by atoms with E-state index in [9.17, 15) is 4.79 Å². The lowest BCUT2D eigenvalue weighted by Crippen LogP contribution is -2.21. The normalized spacial score (nSPS) is 11.6. The van der Waals surface area contributed by atoms with Gasteiger partial charge in [0.2, 0.25) is 0 Å². The van der Waals surface area contributed by atoms with E-state index in [0.29, 0.717) is 6.73 Å². The summed E-state index contributed by atoms with van der Waals surface area (Å²) >= 11 is 0. The Hall–Kier alpha value is -1.09. The van der Waals surface area contributed by atoms with Crippen LogP contribution in [0.25, 0.3) is 0 Å². The summed E-state index contributed by atoms with van der Waals surface area (Å²) in [6.45, 7) is 6.46. The minimum atomic E-state index is -0.150. The summed E-state index contributed by atoms with van der Waals surface area (Å²) in [7, 11) is 0. The third kappa shape index (κ3) is 3.90. The molecule has 1 heterocycles. The second-order valence-corrected chi connectivity index (χ2v) is 3.93. The van der Waals surface area contributed by atoms with E-state index in [2.05, 4.69) is 0 Å². The molecular formula is C10H15NO2. The molecule has 0 saturated carbocycles. The van der Waals surface area contributed by atoms with E-state index < -0.39 is 0 Å². The number of nitrogens with zero attached hydrogens (tertiary/aromatic N) is 1. The average Bonchev–Trinajstić information content (AvgIpc) is 2.02. The van der Waals surface area contributed by atoms with Crippen LogP contribution in [0.3, 0.4) is 0 Å². The van der Waals surface area contributed by atoms with Crippen molar-refractivity contribution in [1.29, 1.82) is 0 Å². The lowest BCUT2D eigenvalue weighted by atomic mass is 10.2. The van der Waals surface area contributed by atoms with E-state index in [1.807, 2.05) is 25.3 Å². The Morgan fingerprint density at radius 1 is 1.31 bits per heavy atom. The Morgan fingerprint density at radius 2 is 1.85 bits per heavy atom. The second-order valence-electron chi connectivity index (χ2n) is 3.93. The zero-order valence-corrected chi connectivity index (χ0v) is 8.28. The first-order chi connectivity index (χ1) is 5.97. The van der Waals surface area contributed by atoms with Crippen molar-refractivity contribution >= 4 is 0 Å². The minimum Gasteiger partial charge on any atom is -0.355 e. The topological polar surface area (TPSA) is 31.2 Å². The molecule has 0 aliphatic heterocycles. The molecule has 0 unspecified atom stereocenters. The quantitative estimate of drug-likeness (QED) is 0.694. The molecular weight excluding hydrogens is 166 g/mol. The number of rotatable bonds is 2. The van der Waals surface area contributed by atoms with Crippen LogP contribution in [0.4, 0.5) is 0 Å². The van der Waals surface area contributed by atoms with Crippen LogP contribution in [0.1, 0.15) is 20.8 Å². The van der Waals surface area contributed by atoms with E-state index in [1.165, 1.54) is 12.1 Å². The van der Waals surface area contributed by atoms with Gasteiger partial charge in [0.15, 0.2) is 5.43 Å². The monoisotopic (exact) mass is 181 g/mol. The highest BCUT2D eigenvalue weighted by Gasteiger charge is 2.08. The summed E-state index contributed by atoms with van der Waals surface area (Å²) in [4.78, 5) is 10.8. The Bertz CT molecular complexity index is 302. The molecule has 0 N–H and O–H groups in total. The third-order valence-corrected chi connectivity index (χ3v) is 1.51. The van der Waals surface area contributed by atoms with E-state index in [0.717, 1.165) is 0 Å². The summed E-state index contributed by atoms with van der Waals surface area (Å²) in [5.74, 6) is 0. The van der Waals surface area contributed by atoms with Crippen LogP contribution in [-0.2, 0) is 11.5 Å². The van der Waals surface area contributed by atoms with Crippen molar-refractivity contribution in [2.45, 2.75) is 33.1 Å². The first kappa shape index (κ1) is 9.99. The molecule has 0 aliphatic rings. The van der Waals surface area contributed by atoms with Gasteiger partial charge < -0.3 is 9.30 Å². The SMILES string of the molecule is CC(C)(C)OCn1ccc(=O)cc1. The van der Waals surface area contributed by atoms with Gasteiger partial charge in [0.25, 0.3) is 0 Å². The number of hydrogen-bond donors (Lipinski definition) is 0. The van der Waals surface area contributed by atoms with Crippen LogP contribution in [0, 0.1) is 0 Å². The van der Waals surface area contributed by atoms with Gasteiger partial charge in [-0.2, -0.15) is 0 Å². The molecule has 72 valence electrons. The van der Waals surface area contributed by atoms with Crippen LogP contribution < -0.4 is 5.43 Å². The van der Waals surface area contributed by atoms with Crippen LogP contribution in [-0.4, -0.2) is 10.2 Å². The lowest BCUT2D eigenvalue weighted by Gasteiger charge is -2.20. The maximum absolute atomic E-state index is 10.8. The number of aromatic nitrogens is 1. The molecule has 1 aromatic rings. The molecule has 3 heteroatoms. The highest BCUT2D eigenvalue weighted by molar-refractivity contribution is 4.93. The van der Waals surface area contributed by atoms with Crippen molar-refractivity contribution in [2.24, 2.45) is 0 Å². The molecule has 0 atom stereocenters. The van der Waals surface area contributed by atoms with E-state index in [1.54, 1.807) is 12.4 Å². The standard InChI is InChI=1S/C10H15NO2/c1-10(2,3)13-8-11-6-4-9(12)5-7-11/h4-7H,8H2,1-3H3. The van der Waals surface area contributed by atoms with Gasteiger partial charge in [0, 0.05) is 24.5 Å². The molecule has 13 heavy (non-hydrogen) atoms. The van der Waals surface area contributed by atoms with Crippen LogP contribution in [0.15, 0.2) is 29.3 Å². The summed E-state index contributed by atoms with van der Waals surface area (Å²) < 4.78 is 7.34. The number of hydrogen-bond acceptors (Lipinski definition) is 2. The molecule has 0 aromatic carbocycles. The first-order valence-corrected chi connectivity index (χ1v) is 4.27. The van der Waals surface area contributed by atoms with Gasteiger partial charge in [0.05, 0.1) is 5.60 Å². The van der Waals surface area contributed by atoms with Gasteiger partial charge in [-0.05, 0) is 20.8 Å². The molecule has 0 fully saturated rings. The van der Waals surface area contributed by atoms with Crippen LogP contribution >= 0.6 is 0 Å². The molecule has 1 rings (SSSR count). The van der Waals surface area contributed by atoms with Crippen molar-refractivity contribution < 1.29 is 4.74 Å². The molecule has 0 spiro atoms. The predicted molar refractivity (Wildman–Crippen MR) is 51.5 cm³/mol. The Labute approximate surface area is 78.0 Å². The van der Waals surface area contributed by atoms with E-state index in [-0.39, 0.29) is 11.0 Å². The van der Waals surface area contributed by atoms with Gasteiger partial charge in [-0.1, -0.05) is 0 Å². The fourth-order valence-corrected chi connectivity index (χ4v) is 0.798. The molecule has 0 saturated heterocycles. The van der Waals surface area contributed by atoms with Crippen molar-refractivity contribution in [3.63, 3.8) is 0 Å². The third-order valence-electron chi connectivity index (χ3n) is 1.51. The van der Waals surface area contributed by atoms with E-state index >= 15 is 0 Å². The predicted octanol–water partition coefficient (Wildman–Crippen LogP) is 1.62. The lowest BCUT2D eigenvalue weighted by molar-refractivity contribution is -0.0434. The van der Waals surface area contributed by atoms with Crippen molar-refractivity contribution in [1.82, 2.24) is 4.57 Å². The summed E-state index contributed by atoms with van der Waals surface area (Å²) in [5, 5.41) is 0. The first-order valence-electron chi connectivity index (χ1n) is 4.27. The van der Waals surface area contributed by atoms with Gasteiger partial charge >= 0.3 is 0 Å². The Morgan fingerprint density at radius 3 is 2.31 bits per heavy atom. The molecule has 0 amide bonds. The largest absolute Gasteiger partial charge is 0.355 e. The van der Waals surface area contributed by atoms with Gasteiger partial charge in [-0.25, -0.2) is 0 Å². The number of pyridine rings is 1. The fraction of sp³-hybridized carbons (Fsp3) is 0.500. The summed E-state index contributed by atoms with van der Waals surface area (Å²) in [5.41, 5.74) is -0.129. The molecule has 0 radical (unpaired) electrons. The highest BCUT2D eigenvalue weighted by Crippen LogP contribution is 2.07. The van der Waals surface area contributed by atoms with Gasteiger partial charge in [-0.15, -0.1) is 0 Å². The summed E-state index contributed by atoms with van der Waals surface area (Å²) in [6.07, 6.45) is 3.43. The Kier molecular flexibility index (Phi) is 2.88. The number of ether oxygens (including phenoxy) is 1. The van der Waals surface area contributed by atoms with Gasteiger partial charge in [-0.3, -0.25) is 4.79 Å². The molecule has 1 aromatic heterocycles. The minimum absolute atomic E-state index is 0.0204. The van der Waals surface area contributed by atoms with Crippen molar-refractivity contribution in [3.05, 3.63) is 34.7 Å². The van der Waals surface area contributed by atoms with Gasteiger partial charge in [0.1, 0.15) is 6.73 Å². The molecule has 0 aliphatic carbocycles. The Balaban J connectivity index is 2.56. The van der Waals surface area contributed by atoms with Crippen molar-refractivity contribution in [2.75, 3.05) is 0 Å². The second kappa shape index (κ2) is 3.75. The fourth-order valence-electron chi connectivity index (χ4n) is 0.798. The zero-order valence-electron chi connectivity index (χ0n) is 8.28. The average molecular weight is 181 g/mol. The zero-order chi connectivity index (χ0) is 9.90. The smallest absolute Gasteiger partial charge is 0.181 e. The summed E-state index contributed by atoms with van der Waals surface area (Å²) in [6, 6.07) is 3.04. The van der Waals surface area contributed by atoms with Crippen LogP contribution in [0.5, 0.6) is 0 Å². The molecule has 3 nitrogen and oxygen atoms in total. The highest BCUT2D eigenvalue weighted by atomic mass is 16.5. The van der Waals surface area contributed by atoms with Crippen LogP contribution in [0.2, 0.25) is 0 Å². The van der Waals surface area contributed by atoms with Crippen molar-refractivity contribution in [3.8, 4) is 0 Å². The maximum Gasteiger partial charge on any atom is 0.181 e. The molecule has 0 bridgehead atoms.